The highest BCUT2D eigenvalue weighted by Crippen LogP contribution is 2.16. The summed E-state index contributed by atoms with van der Waals surface area (Å²) in [4.78, 5) is 28.7. The van der Waals surface area contributed by atoms with Gasteiger partial charge in [0.2, 0.25) is 0 Å². The van der Waals surface area contributed by atoms with Crippen molar-refractivity contribution in [2.45, 2.75) is 107 Å². The van der Waals surface area contributed by atoms with Gasteiger partial charge in [0, 0.05) is 18.8 Å². The van der Waals surface area contributed by atoms with Gasteiger partial charge < -0.3 is 15.2 Å². The van der Waals surface area contributed by atoms with E-state index in [1.165, 1.54) is 16.4 Å². The molecule has 8 heteroatoms. The molecule has 0 aromatic carbocycles. The first-order chi connectivity index (χ1) is 15.1. The molecule has 0 radical (unpaired) electrons. The smallest absolute Gasteiger partial charge is 0.429 e. The summed E-state index contributed by atoms with van der Waals surface area (Å²) in [6, 6.07) is 3.72. The Bertz CT molecular complexity index is 607. The van der Waals surface area contributed by atoms with Crippen molar-refractivity contribution < 1.29 is 19.1 Å². The topological polar surface area (TPSA) is 98.0 Å². The molecular formula is C25H48N4O4. The zero-order valence-corrected chi connectivity index (χ0v) is 22.8. The molecule has 0 spiro atoms. The van der Waals surface area contributed by atoms with Crippen molar-refractivity contribution in [3.63, 3.8) is 0 Å². The van der Waals surface area contributed by atoms with Crippen molar-refractivity contribution in [2.75, 3.05) is 18.8 Å². The third-order valence-corrected chi connectivity index (χ3v) is 3.30. The number of hydrazine groups is 1. The number of amides is 2. The Morgan fingerprint density at radius 3 is 1.42 bits per heavy atom. The molecule has 1 aromatic heterocycles. The number of anilines is 1. The molecule has 0 saturated heterocycles. The number of carbonyl (C=O) groups excluding carboxylic acids is 2. The van der Waals surface area contributed by atoms with Crippen molar-refractivity contribution in [1.29, 1.82) is 0 Å². The largest absolute Gasteiger partial charge is 0.442 e. The van der Waals surface area contributed by atoms with Crippen LogP contribution in [0.3, 0.4) is 0 Å². The molecule has 0 fully saturated rings. The fourth-order valence-corrected chi connectivity index (χ4v) is 2.15. The molecule has 0 aliphatic heterocycles. The van der Waals surface area contributed by atoms with Gasteiger partial charge in [-0.3, -0.25) is 4.98 Å². The van der Waals surface area contributed by atoms with Crippen LogP contribution >= 0.6 is 0 Å². The lowest BCUT2D eigenvalue weighted by Crippen LogP contribution is -2.53. The van der Waals surface area contributed by atoms with Gasteiger partial charge >= 0.3 is 12.2 Å². The van der Waals surface area contributed by atoms with E-state index >= 15 is 0 Å². The summed E-state index contributed by atoms with van der Waals surface area (Å²) in [7, 11) is 0. The van der Waals surface area contributed by atoms with E-state index in [1.807, 2.05) is 32.9 Å². The molecule has 1 rings (SSSR count). The molecular weight excluding hydrogens is 420 g/mol. The molecule has 2 N–H and O–H groups in total. The number of aromatic nitrogens is 1. The van der Waals surface area contributed by atoms with E-state index in [4.69, 9.17) is 15.2 Å². The van der Waals surface area contributed by atoms with Crippen molar-refractivity contribution in [3.05, 3.63) is 24.0 Å². The van der Waals surface area contributed by atoms with Crippen molar-refractivity contribution in [3.8, 4) is 0 Å². The minimum absolute atomic E-state index is 0.397. The Balaban J connectivity index is 0. The molecule has 0 aliphatic rings. The van der Waals surface area contributed by atoms with Gasteiger partial charge in [0.15, 0.2) is 0 Å². The minimum Gasteiger partial charge on any atom is -0.442 e. The lowest BCUT2D eigenvalue weighted by Gasteiger charge is -2.36. The van der Waals surface area contributed by atoms with E-state index in [0.29, 0.717) is 25.9 Å². The van der Waals surface area contributed by atoms with E-state index in [-0.39, 0.29) is 0 Å². The van der Waals surface area contributed by atoms with Gasteiger partial charge in [-0.15, -0.1) is 0 Å². The molecule has 0 unspecified atom stereocenters. The van der Waals surface area contributed by atoms with Gasteiger partial charge in [-0.25, -0.2) is 19.6 Å². The first kappa shape index (κ1) is 32.7. The average molecular weight is 469 g/mol. The van der Waals surface area contributed by atoms with E-state index in [9.17, 15) is 9.59 Å². The van der Waals surface area contributed by atoms with Gasteiger partial charge in [-0.1, -0.05) is 34.1 Å². The highest BCUT2D eigenvalue weighted by molar-refractivity contribution is 5.74. The van der Waals surface area contributed by atoms with E-state index in [2.05, 4.69) is 18.8 Å². The maximum Gasteiger partial charge on any atom is 0.429 e. The fourth-order valence-electron chi connectivity index (χ4n) is 2.15. The number of nitrogens with zero attached hydrogens (tertiary/aromatic N) is 3. The van der Waals surface area contributed by atoms with E-state index in [0.717, 1.165) is 11.4 Å². The SMILES string of the molecule is CCC.CCCN(C(=O)OC(C)(C)C)N(CCC)C(=O)OC(C)(C)C.Cc1ccc(N)cn1. The highest BCUT2D eigenvalue weighted by atomic mass is 16.6. The summed E-state index contributed by atoms with van der Waals surface area (Å²) in [6.45, 7) is 21.6. The molecule has 0 saturated carbocycles. The molecule has 0 bridgehead atoms. The second kappa shape index (κ2) is 16.2. The summed E-state index contributed by atoms with van der Waals surface area (Å²) in [5, 5.41) is 2.67. The number of ether oxygens (including phenoxy) is 2. The summed E-state index contributed by atoms with van der Waals surface area (Å²) in [5.41, 5.74) is 5.85. The van der Waals surface area contributed by atoms with Crippen molar-refractivity contribution in [2.24, 2.45) is 0 Å². The lowest BCUT2D eigenvalue weighted by atomic mass is 10.2. The highest BCUT2D eigenvalue weighted by Gasteiger charge is 2.32. The maximum atomic E-state index is 12.4. The van der Waals surface area contributed by atoms with Crippen molar-refractivity contribution >= 4 is 17.9 Å². The summed E-state index contributed by atoms with van der Waals surface area (Å²) >= 11 is 0. The number of nitrogens with two attached hydrogens (primary N) is 1. The predicted molar refractivity (Wildman–Crippen MR) is 136 cm³/mol. The van der Waals surface area contributed by atoms with Crippen LogP contribution < -0.4 is 5.73 Å². The number of carbonyl (C=O) groups is 2. The maximum absolute atomic E-state index is 12.4. The fraction of sp³-hybridized carbons (Fsp3) is 0.720. The Morgan fingerprint density at radius 1 is 0.848 bits per heavy atom. The van der Waals surface area contributed by atoms with Crippen molar-refractivity contribution in [1.82, 2.24) is 15.0 Å². The van der Waals surface area contributed by atoms with E-state index in [1.54, 1.807) is 47.7 Å². The summed E-state index contributed by atoms with van der Waals surface area (Å²) < 4.78 is 10.8. The molecule has 192 valence electrons. The number of aryl methyl sites for hydroxylation is 1. The normalized spacial score (nSPS) is 10.6. The summed E-state index contributed by atoms with van der Waals surface area (Å²) in [6.07, 6.45) is 3.25. The second-order valence-electron chi connectivity index (χ2n) is 9.65. The number of hydrogen-bond donors (Lipinski definition) is 1. The molecule has 2 amide bonds. The predicted octanol–water partition coefficient (Wildman–Crippen LogP) is 6.58. The number of rotatable bonds is 4. The molecule has 0 atom stereocenters. The molecule has 8 nitrogen and oxygen atoms in total. The van der Waals surface area contributed by atoms with Crippen LogP contribution in [-0.2, 0) is 9.47 Å². The van der Waals surface area contributed by atoms with Crippen LogP contribution in [0.4, 0.5) is 15.3 Å². The van der Waals surface area contributed by atoms with Crippen LogP contribution in [0.15, 0.2) is 18.3 Å². The third-order valence-electron chi connectivity index (χ3n) is 3.30. The quantitative estimate of drug-likeness (QED) is 0.501. The Hall–Kier alpha value is -2.51. The Labute approximate surface area is 201 Å². The second-order valence-corrected chi connectivity index (χ2v) is 9.65. The van der Waals surface area contributed by atoms with Crippen LogP contribution in [0.2, 0.25) is 0 Å². The van der Waals surface area contributed by atoms with Gasteiger partial charge in [-0.2, -0.15) is 0 Å². The van der Waals surface area contributed by atoms with E-state index < -0.39 is 23.4 Å². The van der Waals surface area contributed by atoms with Crippen LogP contribution in [0.1, 0.15) is 94.2 Å². The number of hydrogen-bond acceptors (Lipinski definition) is 6. The average Bonchev–Trinajstić information content (AvgIpc) is 2.65. The van der Waals surface area contributed by atoms with Gasteiger partial charge in [-0.05, 0) is 73.4 Å². The molecule has 0 aliphatic carbocycles. The molecule has 1 heterocycles. The van der Waals surface area contributed by atoms with Gasteiger partial charge in [0.05, 0.1) is 11.9 Å². The Morgan fingerprint density at radius 2 is 1.21 bits per heavy atom. The van der Waals surface area contributed by atoms with Crippen LogP contribution in [0.5, 0.6) is 0 Å². The number of pyridine rings is 1. The van der Waals surface area contributed by atoms with Crippen LogP contribution in [-0.4, -0.2) is 51.5 Å². The van der Waals surface area contributed by atoms with Gasteiger partial charge in [0.1, 0.15) is 11.2 Å². The number of nitrogen functional groups attached to an aromatic ring is 1. The molecule has 33 heavy (non-hydrogen) atoms. The first-order valence-corrected chi connectivity index (χ1v) is 11.8. The zero-order valence-electron chi connectivity index (χ0n) is 22.8. The van der Waals surface area contributed by atoms with Gasteiger partial charge in [0.25, 0.3) is 0 Å². The third kappa shape index (κ3) is 17.7. The minimum atomic E-state index is -0.616. The zero-order chi connectivity index (χ0) is 26.2. The Kier molecular flexibility index (Phi) is 16.0. The monoisotopic (exact) mass is 468 g/mol. The van der Waals surface area contributed by atoms with Crippen LogP contribution in [0, 0.1) is 6.92 Å². The molecule has 1 aromatic rings. The summed E-state index contributed by atoms with van der Waals surface area (Å²) in [5.74, 6) is 0. The van der Waals surface area contributed by atoms with Crippen LogP contribution in [0.25, 0.3) is 0 Å². The standard InChI is InChI=1S/C16H32N2O4.C6H8N2.C3H8/c1-9-11-17(13(19)21-15(3,4)5)18(12-10-2)14(20)22-16(6,7)8;1-5-2-3-6(7)4-8-5;1-3-2/h9-12H2,1-8H3;2-4H,7H2,1H3;3H2,1-2H3. The first-order valence-electron chi connectivity index (χ1n) is 11.8. The lowest BCUT2D eigenvalue weighted by molar-refractivity contribution is -0.0626.